The monoisotopic (exact) mass is 140 g/mol. The number of hydrogen-bond donors (Lipinski definition) is 2. The van der Waals surface area contributed by atoms with Gasteiger partial charge in [-0.2, -0.15) is 5.10 Å². The van der Waals surface area contributed by atoms with Crippen LogP contribution in [0.1, 0.15) is 19.7 Å². The van der Waals surface area contributed by atoms with Crippen LogP contribution in [0.5, 0.6) is 0 Å². The third-order valence-corrected chi connectivity index (χ3v) is 1.14. The first-order chi connectivity index (χ1) is 4.79. The molecule has 0 bridgehead atoms. The van der Waals surface area contributed by atoms with E-state index < -0.39 is 0 Å². The summed E-state index contributed by atoms with van der Waals surface area (Å²) in [7, 11) is 0. The number of aromatic nitrogens is 3. The topological polar surface area (TPSA) is 53.6 Å². The first kappa shape index (κ1) is 7.21. The fraction of sp³-hybridized carbons (Fsp3) is 0.667. The lowest BCUT2D eigenvalue weighted by atomic mass is 10.4. The van der Waals surface area contributed by atoms with Crippen molar-refractivity contribution < 1.29 is 0 Å². The molecule has 0 unspecified atom stereocenters. The van der Waals surface area contributed by atoms with Crippen molar-refractivity contribution >= 4 is 0 Å². The van der Waals surface area contributed by atoms with Crippen molar-refractivity contribution in [3.8, 4) is 0 Å². The van der Waals surface area contributed by atoms with Gasteiger partial charge >= 0.3 is 0 Å². The second-order valence-electron chi connectivity index (χ2n) is 2.47. The van der Waals surface area contributed by atoms with Gasteiger partial charge in [0.05, 0.1) is 6.54 Å². The van der Waals surface area contributed by atoms with Gasteiger partial charge in [-0.1, -0.05) is 13.8 Å². The number of H-pyrrole nitrogens is 1. The van der Waals surface area contributed by atoms with E-state index in [1.165, 1.54) is 6.33 Å². The maximum absolute atomic E-state index is 3.96. The molecular formula is C6H12N4. The van der Waals surface area contributed by atoms with E-state index in [-0.39, 0.29) is 0 Å². The van der Waals surface area contributed by atoms with Crippen molar-refractivity contribution in [1.82, 2.24) is 20.5 Å². The molecule has 1 aromatic heterocycles. The molecule has 56 valence electrons. The van der Waals surface area contributed by atoms with Crippen molar-refractivity contribution in [2.24, 2.45) is 0 Å². The summed E-state index contributed by atoms with van der Waals surface area (Å²) in [5, 5.41) is 9.71. The predicted molar refractivity (Wildman–Crippen MR) is 38.4 cm³/mol. The average Bonchev–Trinajstić information content (AvgIpc) is 2.34. The summed E-state index contributed by atoms with van der Waals surface area (Å²) in [5.41, 5.74) is 0. The van der Waals surface area contributed by atoms with Gasteiger partial charge in [0, 0.05) is 6.04 Å². The van der Waals surface area contributed by atoms with Gasteiger partial charge in [-0.15, -0.1) is 0 Å². The number of nitrogens with zero attached hydrogens (tertiary/aromatic N) is 2. The van der Waals surface area contributed by atoms with E-state index in [2.05, 4.69) is 34.3 Å². The number of nitrogens with one attached hydrogen (secondary N) is 2. The van der Waals surface area contributed by atoms with Crippen molar-refractivity contribution in [3.63, 3.8) is 0 Å². The third kappa shape index (κ3) is 2.14. The van der Waals surface area contributed by atoms with Crippen LogP contribution in [0.15, 0.2) is 6.33 Å². The van der Waals surface area contributed by atoms with Gasteiger partial charge < -0.3 is 5.32 Å². The quantitative estimate of drug-likeness (QED) is 0.635. The Morgan fingerprint density at radius 3 is 3.00 bits per heavy atom. The van der Waals surface area contributed by atoms with E-state index >= 15 is 0 Å². The Morgan fingerprint density at radius 1 is 1.70 bits per heavy atom. The molecule has 0 aliphatic carbocycles. The molecule has 1 rings (SSSR count). The molecule has 0 saturated carbocycles. The molecule has 4 heteroatoms. The molecule has 0 atom stereocenters. The van der Waals surface area contributed by atoms with Crippen LogP contribution in [0.2, 0.25) is 0 Å². The van der Waals surface area contributed by atoms with Crippen LogP contribution in [-0.2, 0) is 6.54 Å². The maximum atomic E-state index is 3.96. The molecular weight excluding hydrogens is 128 g/mol. The Bertz CT molecular complexity index is 168. The molecule has 10 heavy (non-hydrogen) atoms. The predicted octanol–water partition coefficient (Wildman–Crippen LogP) is 0.303. The van der Waals surface area contributed by atoms with Gasteiger partial charge in [-0.25, -0.2) is 4.98 Å². The summed E-state index contributed by atoms with van der Waals surface area (Å²) >= 11 is 0. The largest absolute Gasteiger partial charge is 0.308 e. The summed E-state index contributed by atoms with van der Waals surface area (Å²) in [4.78, 5) is 3.96. The van der Waals surface area contributed by atoms with Gasteiger partial charge in [0.2, 0.25) is 0 Å². The first-order valence-electron chi connectivity index (χ1n) is 3.36. The molecule has 0 amide bonds. The van der Waals surface area contributed by atoms with Crippen LogP contribution in [0, 0.1) is 0 Å². The van der Waals surface area contributed by atoms with E-state index in [4.69, 9.17) is 0 Å². The standard InChI is InChI=1S/C6H12N4/c1-5(2)7-3-6-8-4-9-10-6/h4-5,7H,3H2,1-2H3,(H,8,9,10). The van der Waals surface area contributed by atoms with Gasteiger partial charge in [0.1, 0.15) is 12.2 Å². The minimum absolute atomic E-state index is 0.491. The molecule has 0 aliphatic heterocycles. The molecule has 2 N–H and O–H groups in total. The molecule has 1 aromatic rings. The number of hydrogen-bond acceptors (Lipinski definition) is 3. The molecule has 0 spiro atoms. The number of aromatic amines is 1. The fourth-order valence-electron chi connectivity index (χ4n) is 0.617. The fourth-order valence-corrected chi connectivity index (χ4v) is 0.617. The van der Waals surface area contributed by atoms with Gasteiger partial charge in [-0.3, -0.25) is 5.10 Å². The van der Waals surface area contributed by atoms with Gasteiger partial charge in [0.15, 0.2) is 0 Å². The summed E-state index contributed by atoms with van der Waals surface area (Å²) in [6, 6.07) is 0.491. The summed E-state index contributed by atoms with van der Waals surface area (Å²) < 4.78 is 0. The van der Waals surface area contributed by atoms with E-state index in [9.17, 15) is 0 Å². The zero-order valence-corrected chi connectivity index (χ0v) is 6.26. The highest BCUT2D eigenvalue weighted by molar-refractivity contribution is 4.78. The Morgan fingerprint density at radius 2 is 2.50 bits per heavy atom. The minimum Gasteiger partial charge on any atom is -0.308 e. The zero-order chi connectivity index (χ0) is 7.40. The van der Waals surface area contributed by atoms with Crippen molar-refractivity contribution in [1.29, 1.82) is 0 Å². The lowest BCUT2D eigenvalue weighted by molar-refractivity contribution is 0.573. The van der Waals surface area contributed by atoms with E-state index in [1.54, 1.807) is 0 Å². The molecule has 1 heterocycles. The van der Waals surface area contributed by atoms with E-state index in [0.29, 0.717) is 6.04 Å². The smallest absolute Gasteiger partial charge is 0.138 e. The molecule has 0 radical (unpaired) electrons. The molecule has 4 nitrogen and oxygen atoms in total. The Kier molecular flexibility index (Phi) is 2.39. The van der Waals surface area contributed by atoms with E-state index in [0.717, 1.165) is 12.4 Å². The Hall–Kier alpha value is -0.900. The van der Waals surface area contributed by atoms with Crippen LogP contribution in [0.4, 0.5) is 0 Å². The SMILES string of the molecule is CC(C)NCc1ncn[nH]1. The van der Waals surface area contributed by atoms with Crippen LogP contribution < -0.4 is 5.32 Å². The maximum Gasteiger partial charge on any atom is 0.138 e. The Balaban J connectivity index is 2.28. The van der Waals surface area contributed by atoms with Gasteiger partial charge in [0.25, 0.3) is 0 Å². The molecule has 0 aliphatic rings. The summed E-state index contributed by atoms with van der Waals surface area (Å²) in [6.07, 6.45) is 1.51. The highest BCUT2D eigenvalue weighted by Crippen LogP contribution is 1.85. The molecule has 0 saturated heterocycles. The van der Waals surface area contributed by atoms with Crippen LogP contribution >= 0.6 is 0 Å². The van der Waals surface area contributed by atoms with E-state index in [1.807, 2.05) is 0 Å². The second-order valence-corrected chi connectivity index (χ2v) is 2.47. The summed E-state index contributed by atoms with van der Waals surface area (Å²) in [6.45, 7) is 4.95. The number of rotatable bonds is 3. The van der Waals surface area contributed by atoms with Gasteiger partial charge in [-0.05, 0) is 0 Å². The van der Waals surface area contributed by atoms with Crippen molar-refractivity contribution in [3.05, 3.63) is 12.2 Å². The minimum atomic E-state index is 0.491. The highest BCUT2D eigenvalue weighted by atomic mass is 15.2. The van der Waals surface area contributed by atoms with Crippen molar-refractivity contribution in [2.75, 3.05) is 0 Å². The van der Waals surface area contributed by atoms with Crippen LogP contribution in [0.25, 0.3) is 0 Å². The normalized spacial score (nSPS) is 10.7. The Labute approximate surface area is 60.1 Å². The zero-order valence-electron chi connectivity index (χ0n) is 6.26. The van der Waals surface area contributed by atoms with Crippen LogP contribution in [-0.4, -0.2) is 21.2 Å². The summed E-state index contributed by atoms with van der Waals surface area (Å²) in [5.74, 6) is 0.883. The average molecular weight is 140 g/mol. The van der Waals surface area contributed by atoms with Crippen LogP contribution in [0.3, 0.4) is 0 Å². The molecule has 0 aromatic carbocycles. The lowest BCUT2D eigenvalue weighted by Crippen LogP contribution is -2.22. The van der Waals surface area contributed by atoms with Crippen molar-refractivity contribution in [2.45, 2.75) is 26.4 Å². The lowest BCUT2D eigenvalue weighted by Gasteiger charge is -2.03. The highest BCUT2D eigenvalue weighted by Gasteiger charge is 1.95. The molecule has 0 fully saturated rings. The second kappa shape index (κ2) is 3.31. The first-order valence-corrected chi connectivity index (χ1v) is 3.36. The third-order valence-electron chi connectivity index (χ3n) is 1.14.